The molecular formula is C15H14N2. The molecule has 0 saturated heterocycles. The van der Waals surface area contributed by atoms with Crippen LogP contribution in [0.5, 0.6) is 0 Å². The van der Waals surface area contributed by atoms with Crippen molar-refractivity contribution >= 4 is 27.5 Å². The molecule has 0 amide bonds. The number of hydrogen-bond acceptors (Lipinski definition) is 2. The number of nitrogen functional groups attached to an aromatic ring is 1. The molecule has 2 N–H and O–H groups in total. The van der Waals surface area contributed by atoms with Crippen LogP contribution in [0.2, 0.25) is 0 Å². The summed E-state index contributed by atoms with van der Waals surface area (Å²) in [5, 5.41) is 2.40. The molecule has 3 rings (SSSR count). The van der Waals surface area contributed by atoms with Crippen molar-refractivity contribution in [1.29, 1.82) is 0 Å². The van der Waals surface area contributed by atoms with E-state index in [2.05, 4.69) is 30.1 Å². The van der Waals surface area contributed by atoms with Crippen molar-refractivity contribution in [3.63, 3.8) is 0 Å². The van der Waals surface area contributed by atoms with Crippen LogP contribution in [0.25, 0.3) is 21.8 Å². The maximum Gasteiger partial charge on any atom is 0.0941 e. The highest BCUT2D eigenvalue weighted by Crippen LogP contribution is 2.28. The third kappa shape index (κ3) is 1.45. The SMILES string of the molecule is CCc1c2ccccc2nc2c(N)cccc12. The van der Waals surface area contributed by atoms with E-state index < -0.39 is 0 Å². The van der Waals surface area contributed by atoms with Crippen LogP contribution in [0.3, 0.4) is 0 Å². The lowest BCUT2D eigenvalue weighted by Gasteiger charge is -2.10. The predicted molar refractivity (Wildman–Crippen MR) is 73.0 cm³/mol. The first-order chi connectivity index (χ1) is 8.31. The highest BCUT2D eigenvalue weighted by Gasteiger charge is 2.08. The van der Waals surface area contributed by atoms with Crippen LogP contribution in [0.15, 0.2) is 42.5 Å². The Bertz CT molecular complexity index is 702. The predicted octanol–water partition coefficient (Wildman–Crippen LogP) is 3.53. The number of anilines is 1. The number of aryl methyl sites for hydroxylation is 1. The third-order valence-electron chi connectivity index (χ3n) is 3.21. The number of hydrogen-bond donors (Lipinski definition) is 1. The van der Waals surface area contributed by atoms with Gasteiger partial charge in [-0.2, -0.15) is 0 Å². The summed E-state index contributed by atoms with van der Waals surface area (Å²) in [4.78, 5) is 4.66. The van der Waals surface area contributed by atoms with Gasteiger partial charge in [0.1, 0.15) is 0 Å². The lowest BCUT2D eigenvalue weighted by Crippen LogP contribution is -1.94. The minimum atomic E-state index is 0.753. The lowest BCUT2D eigenvalue weighted by atomic mass is 10.0. The molecule has 0 fully saturated rings. The second-order valence-corrected chi connectivity index (χ2v) is 4.20. The Balaban J connectivity index is 2.58. The number of aromatic nitrogens is 1. The van der Waals surface area contributed by atoms with Crippen LogP contribution < -0.4 is 5.73 Å². The zero-order valence-corrected chi connectivity index (χ0v) is 9.77. The number of rotatable bonds is 1. The van der Waals surface area contributed by atoms with E-state index in [-0.39, 0.29) is 0 Å². The van der Waals surface area contributed by atoms with Crippen LogP contribution in [-0.4, -0.2) is 4.98 Å². The Morgan fingerprint density at radius 2 is 1.76 bits per heavy atom. The summed E-state index contributed by atoms with van der Waals surface area (Å²) in [6.45, 7) is 2.17. The van der Waals surface area contributed by atoms with E-state index in [0.29, 0.717) is 0 Å². The number of nitrogens with zero attached hydrogens (tertiary/aromatic N) is 1. The van der Waals surface area contributed by atoms with Crippen LogP contribution >= 0.6 is 0 Å². The Labute approximate surface area is 100 Å². The molecule has 0 radical (unpaired) electrons. The zero-order valence-electron chi connectivity index (χ0n) is 9.77. The lowest BCUT2D eigenvalue weighted by molar-refractivity contribution is 1.17. The van der Waals surface area contributed by atoms with Gasteiger partial charge in [-0.3, -0.25) is 0 Å². The van der Waals surface area contributed by atoms with Gasteiger partial charge in [-0.15, -0.1) is 0 Å². The molecule has 1 aromatic heterocycles. The maximum atomic E-state index is 6.01. The average molecular weight is 222 g/mol. The van der Waals surface area contributed by atoms with E-state index in [0.717, 1.165) is 23.1 Å². The Morgan fingerprint density at radius 1 is 1.00 bits per heavy atom. The van der Waals surface area contributed by atoms with Gasteiger partial charge in [0.25, 0.3) is 0 Å². The summed E-state index contributed by atoms with van der Waals surface area (Å²) < 4.78 is 0. The van der Waals surface area contributed by atoms with Crippen LogP contribution in [0, 0.1) is 0 Å². The first kappa shape index (κ1) is 10.1. The molecule has 0 aliphatic rings. The van der Waals surface area contributed by atoms with Gasteiger partial charge < -0.3 is 5.73 Å². The fourth-order valence-electron chi connectivity index (χ4n) is 2.40. The molecule has 17 heavy (non-hydrogen) atoms. The van der Waals surface area contributed by atoms with E-state index in [1.807, 2.05) is 24.3 Å². The highest BCUT2D eigenvalue weighted by molar-refractivity contribution is 6.01. The molecule has 0 atom stereocenters. The molecule has 0 aliphatic carbocycles. The van der Waals surface area contributed by atoms with Crippen molar-refractivity contribution in [1.82, 2.24) is 4.98 Å². The fourth-order valence-corrected chi connectivity index (χ4v) is 2.40. The zero-order chi connectivity index (χ0) is 11.8. The second-order valence-electron chi connectivity index (χ2n) is 4.20. The van der Waals surface area contributed by atoms with Gasteiger partial charge in [-0.05, 0) is 24.1 Å². The first-order valence-corrected chi connectivity index (χ1v) is 5.87. The highest BCUT2D eigenvalue weighted by atomic mass is 14.7. The van der Waals surface area contributed by atoms with E-state index in [1.165, 1.54) is 16.3 Å². The fraction of sp³-hybridized carbons (Fsp3) is 0.133. The van der Waals surface area contributed by atoms with Gasteiger partial charge in [0, 0.05) is 10.8 Å². The summed E-state index contributed by atoms with van der Waals surface area (Å²) in [6.07, 6.45) is 0.989. The van der Waals surface area contributed by atoms with E-state index >= 15 is 0 Å². The molecule has 1 heterocycles. The quantitative estimate of drug-likeness (QED) is 0.505. The van der Waals surface area contributed by atoms with Crippen molar-refractivity contribution in [2.45, 2.75) is 13.3 Å². The van der Waals surface area contributed by atoms with Gasteiger partial charge in [0.15, 0.2) is 0 Å². The largest absolute Gasteiger partial charge is 0.397 e. The molecule has 0 bridgehead atoms. The van der Waals surface area contributed by atoms with Crippen molar-refractivity contribution in [2.24, 2.45) is 0 Å². The van der Waals surface area contributed by atoms with Crippen LogP contribution in [0.4, 0.5) is 5.69 Å². The molecular weight excluding hydrogens is 208 g/mol. The topological polar surface area (TPSA) is 38.9 Å². The molecule has 2 heteroatoms. The average Bonchev–Trinajstić information content (AvgIpc) is 2.37. The molecule has 0 saturated carbocycles. The van der Waals surface area contributed by atoms with Gasteiger partial charge >= 0.3 is 0 Å². The Morgan fingerprint density at radius 3 is 2.59 bits per heavy atom. The summed E-state index contributed by atoms with van der Waals surface area (Å²) in [5.74, 6) is 0. The van der Waals surface area contributed by atoms with E-state index in [9.17, 15) is 0 Å². The minimum Gasteiger partial charge on any atom is -0.397 e. The third-order valence-corrected chi connectivity index (χ3v) is 3.21. The monoisotopic (exact) mass is 222 g/mol. The molecule has 0 unspecified atom stereocenters. The summed E-state index contributed by atoms with van der Waals surface area (Å²) in [7, 11) is 0. The first-order valence-electron chi connectivity index (χ1n) is 5.87. The number of nitrogens with two attached hydrogens (primary N) is 1. The van der Waals surface area contributed by atoms with Crippen molar-refractivity contribution in [3.8, 4) is 0 Å². The molecule has 3 aromatic rings. The number of fused-ring (bicyclic) bond motifs is 2. The van der Waals surface area contributed by atoms with Gasteiger partial charge in [0.2, 0.25) is 0 Å². The van der Waals surface area contributed by atoms with Gasteiger partial charge in [-0.25, -0.2) is 4.98 Å². The molecule has 84 valence electrons. The van der Waals surface area contributed by atoms with E-state index in [4.69, 9.17) is 5.73 Å². The molecule has 0 aliphatic heterocycles. The van der Waals surface area contributed by atoms with Crippen LogP contribution in [0.1, 0.15) is 12.5 Å². The standard InChI is InChI=1S/C15H14N2/c1-2-10-11-6-3-4-9-14(11)17-15-12(10)7-5-8-13(15)16/h3-9H,2,16H2,1H3. The summed E-state index contributed by atoms with van der Waals surface area (Å²) in [5.41, 5.74) is 10.0. The molecule has 2 aromatic carbocycles. The Hall–Kier alpha value is -2.09. The van der Waals surface area contributed by atoms with Crippen molar-refractivity contribution in [3.05, 3.63) is 48.0 Å². The van der Waals surface area contributed by atoms with Gasteiger partial charge in [0.05, 0.1) is 16.7 Å². The van der Waals surface area contributed by atoms with E-state index in [1.54, 1.807) is 0 Å². The maximum absolute atomic E-state index is 6.01. The molecule has 0 spiro atoms. The van der Waals surface area contributed by atoms with Crippen molar-refractivity contribution in [2.75, 3.05) is 5.73 Å². The normalized spacial score (nSPS) is 11.1. The smallest absolute Gasteiger partial charge is 0.0941 e. The Kier molecular flexibility index (Phi) is 2.22. The number of para-hydroxylation sites is 2. The van der Waals surface area contributed by atoms with Crippen LogP contribution in [-0.2, 0) is 6.42 Å². The summed E-state index contributed by atoms with van der Waals surface area (Å²) >= 11 is 0. The number of benzene rings is 2. The molecule has 2 nitrogen and oxygen atoms in total. The minimum absolute atomic E-state index is 0.753. The van der Waals surface area contributed by atoms with Crippen molar-refractivity contribution < 1.29 is 0 Å². The second kappa shape index (κ2) is 3.74. The van der Waals surface area contributed by atoms with Gasteiger partial charge in [-0.1, -0.05) is 37.3 Å². The summed E-state index contributed by atoms with van der Waals surface area (Å²) in [6, 6.07) is 14.2. The number of pyridine rings is 1.